The van der Waals surface area contributed by atoms with Gasteiger partial charge < -0.3 is 10.1 Å². The van der Waals surface area contributed by atoms with Crippen LogP contribution >= 0.6 is 0 Å². The number of benzene rings is 1. The normalized spacial score (nSPS) is 16.2. The molecule has 0 spiro atoms. The van der Waals surface area contributed by atoms with Crippen molar-refractivity contribution < 1.29 is 9.13 Å². The van der Waals surface area contributed by atoms with Gasteiger partial charge in [0.2, 0.25) is 6.36 Å². The zero-order valence-electron chi connectivity index (χ0n) is 7.51. The summed E-state index contributed by atoms with van der Waals surface area (Å²) >= 11 is 0. The van der Waals surface area contributed by atoms with Crippen LogP contribution in [0.1, 0.15) is 12.5 Å². The third-order valence-electron chi connectivity index (χ3n) is 2.11. The van der Waals surface area contributed by atoms with E-state index in [-0.39, 0.29) is 0 Å². The van der Waals surface area contributed by atoms with Crippen LogP contribution in [-0.4, -0.2) is 12.9 Å². The predicted molar refractivity (Wildman–Crippen MR) is 49.8 cm³/mol. The molecule has 1 aromatic rings. The summed E-state index contributed by atoms with van der Waals surface area (Å²) in [7, 11) is 0. The van der Waals surface area contributed by atoms with Gasteiger partial charge in [0.05, 0.1) is 0 Å². The van der Waals surface area contributed by atoms with Crippen molar-refractivity contribution in [2.75, 3.05) is 11.9 Å². The van der Waals surface area contributed by atoms with Crippen molar-refractivity contribution in [2.24, 2.45) is 0 Å². The minimum atomic E-state index is -1.24. The highest BCUT2D eigenvalue weighted by atomic mass is 19.1. The lowest BCUT2D eigenvalue weighted by Crippen LogP contribution is -2.05. The fourth-order valence-electron chi connectivity index (χ4n) is 1.60. The molecular formula is C10H12FNO. The Hall–Kier alpha value is -1.25. The number of hydrogen-bond donors (Lipinski definition) is 1. The van der Waals surface area contributed by atoms with Crippen LogP contribution in [0, 0.1) is 0 Å². The van der Waals surface area contributed by atoms with Crippen LogP contribution < -0.4 is 10.1 Å². The van der Waals surface area contributed by atoms with Crippen LogP contribution in [0.5, 0.6) is 5.75 Å². The van der Waals surface area contributed by atoms with Gasteiger partial charge in [0.1, 0.15) is 5.75 Å². The van der Waals surface area contributed by atoms with Gasteiger partial charge in [-0.25, -0.2) is 4.39 Å². The average Bonchev–Trinajstić information content (AvgIpc) is 2.51. The number of halogens is 1. The second-order valence-corrected chi connectivity index (χ2v) is 3.12. The van der Waals surface area contributed by atoms with E-state index in [1.807, 2.05) is 18.2 Å². The molecule has 0 saturated carbocycles. The van der Waals surface area contributed by atoms with Crippen LogP contribution in [0.2, 0.25) is 0 Å². The molecule has 1 aliphatic heterocycles. The zero-order valence-corrected chi connectivity index (χ0v) is 7.51. The Balaban J connectivity index is 2.30. The van der Waals surface area contributed by atoms with E-state index >= 15 is 0 Å². The number of ether oxygens (including phenoxy) is 1. The molecule has 1 atom stereocenters. The highest BCUT2D eigenvalue weighted by Gasteiger charge is 2.15. The van der Waals surface area contributed by atoms with E-state index in [0.29, 0.717) is 5.75 Å². The molecule has 70 valence electrons. The maximum atomic E-state index is 12.6. The topological polar surface area (TPSA) is 21.3 Å². The van der Waals surface area contributed by atoms with Crippen molar-refractivity contribution >= 4 is 5.69 Å². The number of anilines is 1. The quantitative estimate of drug-likeness (QED) is 0.756. The Morgan fingerprint density at radius 3 is 3.15 bits per heavy atom. The van der Waals surface area contributed by atoms with Crippen LogP contribution in [0.4, 0.5) is 10.1 Å². The van der Waals surface area contributed by atoms with Gasteiger partial charge in [-0.2, -0.15) is 0 Å². The first kappa shape index (κ1) is 8.35. The summed E-state index contributed by atoms with van der Waals surface area (Å²) in [6, 6.07) is 5.66. The van der Waals surface area contributed by atoms with E-state index in [0.717, 1.165) is 24.2 Å². The lowest BCUT2D eigenvalue weighted by Gasteiger charge is -2.10. The van der Waals surface area contributed by atoms with Gasteiger partial charge in [-0.1, -0.05) is 6.07 Å². The molecule has 0 aliphatic carbocycles. The molecule has 2 nitrogen and oxygen atoms in total. The third kappa shape index (κ3) is 1.59. The lowest BCUT2D eigenvalue weighted by molar-refractivity contribution is 0.0852. The highest BCUT2D eigenvalue weighted by molar-refractivity contribution is 5.61. The molecule has 1 N–H and O–H groups in total. The lowest BCUT2D eigenvalue weighted by atomic mass is 10.1. The summed E-state index contributed by atoms with van der Waals surface area (Å²) in [5.74, 6) is 0.664. The van der Waals surface area contributed by atoms with Crippen molar-refractivity contribution in [3.05, 3.63) is 23.8 Å². The minimum absolute atomic E-state index is 0.664. The van der Waals surface area contributed by atoms with E-state index in [1.165, 1.54) is 6.92 Å². The molecule has 2 rings (SSSR count). The van der Waals surface area contributed by atoms with Crippen LogP contribution in [0.25, 0.3) is 0 Å². The maximum Gasteiger partial charge on any atom is 0.235 e. The molecule has 0 saturated heterocycles. The Morgan fingerprint density at radius 1 is 1.54 bits per heavy atom. The third-order valence-corrected chi connectivity index (χ3v) is 2.11. The Bertz CT molecular complexity index is 312. The molecular weight excluding hydrogens is 169 g/mol. The molecule has 0 aromatic heterocycles. The largest absolute Gasteiger partial charge is 0.460 e. The summed E-state index contributed by atoms with van der Waals surface area (Å²) < 4.78 is 17.7. The first-order chi connectivity index (χ1) is 6.27. The zero-order chi connectivity index (χ0) is 9.26. The number of nitrogens with one attached hydrogen (secondary N) is 1. The number of fused-ring (bicyclic) bond motifs is 1. The molecule has 0 bridgehead atoms. The average molecular weight is 181 g/mol. The summed E-state index contributed by atoms with van der Waals surface area (Å²) in [5.41, 5.74) is 2.16. The van der Waals surface area contributed by atoms with Gasteiger partial charge in [0.15, 0.2) is 0 Å². The van der Waals surface area contributed by atoms with Crippen LogP contribution in [0.3, 0.4) is 0 Å². The van der Waals surface area contributed by atoms with Crippen molar-refractivity contribution in [2.45, 2.75) is 19.7 Å². The second-order valence-electron chi connectivity index (χ2n) is 3.12. The predicted octanol–water partition coefficient (Wildman–Crippen LogP) is 2.35. The van der Waals surface area contributed by atoms with Gasteiger partial charge in [-0.05, 0) is 18.6 Å². The standard InChI is InChI=1S/C10H12FNO/c1-7(11)13-10-4-2-3-9-8(10)5-6-12-9/h2-4,7,12H,5-6H2,1H3. The molecule has 0 amide bonds. The molecule has 1 aliphatic rings. The van der Waals surface area contributed by atoms with E-state index in [2.05, 4.69) is 5.32 Å². The Kier molecular flexibility index (Phi) is 2.08. The molecule has 1 heterocycles. The number of alkyl halides is 1. The molecule has 13 heavy (non-hydrogen) atoms. The van der Waals surface area contributed by atoms with E-state index in [4.69, 9.17) is 4.74 Å². The van der Waals surface area contributed by atoms with Gasteiger partial charge in [0.25, 0.3) is 0 Å². The van der Waals surface area contributed by atoms with Crippen molar-refractivity contribution in [3.63, 3.8) is 0 Å². The van der Waals surface area contributed by atoms with Crippen molar-refractivity contribution in [3.8, 4) is 5.75 Å². The van der Waals surface area contributed by atoms with Crippen LogP contribution in [0.15, 0.2) is 18.2 Å². The van der Waals surface area contributed by atoms with Crippen molar-refractivity contribution in [1.82, 2.24) is 0 Å². The molecule has 1 unspecified atom stereocenters. The van der Waals surface area contributed by atoms with Gasteiger partial charge >= 0.3 is 0 Å². The molecule has 3 heteroatoms. The smallest absolute Gasteiger partial charge is 0.235 e. The maximum absolute atomic E-state index is 12.6. The first-order valence-electron chi connectivity index (χ1n) is 4.44. The fraction of sp³-hybridized carbons (Fsp3) is 0.400. The van der Waals surface area contributed by atoms with Gasteiger partial charge in [0, 0.05) is 24.7 Å². The summed E-state index contributed by atoms with van der Waals surface area (Å²) in [5, 5.41) is 3.21. The highest BCUT2D eigenvalue weighted by Crippen LogP contribution is 2.31. The summed E-state index contributed by atoms with van der Waals surface area (Å²) in [6.07, 6.45) is -0.329. The second kappa shape index (κ2) is 3.24. The Morgan fingerprint density at radius 2 is 2.38 bits per heavy atom. The SMILES string of the molecule is CC(F)Oc1cccc2c1CCN2. The molecule has 0 fully saturated rings. The van der Waals surface area contributed by atoms with E-state index in [1.54, 1.807) is 0 Å². The van der Waals surface area contributed by atoms with Crippen molar-refractivity contribution in [1.29, 1.82) is 0 Å². The van der Waals surface area contributed by atoms with E-state index in [9.17, 15) is 4.39 Å². The monoisotopic (exact) mass is 181 g/mol. The molecule has 1 aromatic carbocycles. The summed E-state index contributed by atoms with van der Waals surface area (Å²) in [6.45, 7) is 2.30. The van der Waals surface area contributed by atoms with Crippen LogP contribution in [-0.2, 0) is 6.42 Å². The van der Waals surface area contributed by atoms with E-state index < -0.39 is 6.36 Å². The van der Waals surface area contributed by atoms with Gasteiger partial charge in [-0.3, -0.25) is 0 Å². The minimum Gasteiger partial charge on any atom is -0.460 e. The fourth-order valence-corrected chi connectivity index (χ4v) is 1.60. The number of hydrogen-bond acceptors (Lipinski definition) is 2. The molecule has 0 radical (unpaired) electrons. The first-order valence-corrected chi connectivity index (χ1v) is 4.44. The summed E-state index contributed by atoms with van der Waals surface area (Å²) in [4.78, 5) is 0. The van der Waals surface area contributed by atoms with Gasteiger partial charge in [-0.15, -0.1) is 0 Å². The number of rotatable bonds is 2. The Labute approximate surface area is 76.7 Å².